The van der Waals surface area contributed by atoms with E-state index in [2.05, 4.69) is 74.6 Å². The number of hydrogen-bond acceptors (Lipinski definition) is 8. The molecule has 0 fully saturated rings. The fraction of sp³-hybridized carbons (Fsp3) is 0.739. The number of esters is 2. The highest BCUT2D eigenvalue weighted by Gasteiger charge is 2.21. The van der Waals surface area contributed by atoms with E-state index in [0.717, 1.165) is 83.5 Å². The van der Waals surface area contributed by atoms with Crippen LogP contribution < -0.4 is 4.89 Å². The maximum atomic E-state index is 12.7. The van der Waals surface area contributed by atoms with E-state index in [9.17, 15) is 19.0 Å². The van der Waals surface area contributed by atoms with Crippen molar-refractivity contribution in [2.45, 2.75) is 174 Å². The molecule has 2 unspecified atom stereocenters. The molecule has 0 spiro atoms. The third-order valence-electron chi connectivity index (χ3n) is 9.05. The molecule has 0 saturated heterocycles. The fourth-order valence-corrected chi connectivity index (χ4v) is 6.35. The Labute approximate surface area is 343 Å². The zero-order chi connectivity index (χ0) is 41.4. The van der Waals surface area contributed by atoms with Gasteiger partial charge >= 0.3 is 11.9 Å². The number of likely N-dealkylation sites (N-methyl/N-ethyl adjacent to an activating group) is 1. The number of carbonyl (C=O) groups is 2. The van der Waals surface area contributed by atoms with E-state index < -0.39 is 32.5 Å². The SMILES string of the molecule is CC/C=C\C/C=C\C/C=C\C/C=C\C/C=C\CCCCCCCC(=O)OC(COC(=O)CCCCCCCCCCCCC)COP(=O)([O-])OCC[N+](C)(C)C. The number of unbranched alkanes of at least 4 members (excludes halogenated alkanes) is 15. The maximum Gasteiger partial charge on any atom is 0.306 e. The molecule has 324 valence electrons. The number of carbonyl (C=O) groups excluding carboxylic acids is 2. The zero-order valence-corrected chi connectivity index (χ0v) is 37.2. The van der Waals surface area contributed by atoms with Gasteiger partial charge in [-0.05, 0) is 57.8 Å². The van der Waals surface area contributed by atoms with Gasteiger partial charge < -0.3 is 27.9 Å². The second-order valence-electron chi connectivity index (χ2n) is 15.7. The van der Waals surface area contributed by atoms with Crippen LogP contribution in [0.5, 0.6) is 0 Å². The average molecular weight is 808 g/mol. The lowest BCUT2D eigenvalue weighted by atomic mass is 10.1. The molecule has 9 nitrogen and oxygen atoms in total. The number of hydrogen-bond donors (Lipinski definition) is 0. The summed E-state index contributed by atoms with van der Waals surface area (Å²) in [6, 6.07) is 0. The van der Waals surface area contributed by atoms with Gasteiger partial charge in [-0.15, -0.1) is 0 Å². The minimum atomic E-state index is -4.63. The normalized spacial score (nSPS) is 14.2. The molecule has 0 aliphatic rings. The Morgan fingerprint density at radius 3 is 1.52 bits per heavy atom. The monoisotopic (exact) mass is 808 g/mol. The van der Waals surface area contributed by atoms with Crippen molar-refractivity contribution in [3.8, 4) is 0 Å². The predicted molar refractivity (Wildman–Crippen MR) is 231 cm³/mol. The van der Waals surface area contributed by atoms with Crippen molar-refractivity contribution in [3.05, 3.63) is 60.8 Å². The van der Waals surface area contributed by atoms with Crippen LogP contribution in [-0.4, -0.2) is 70.0 Å². The molecule has 0 amide bonds. The lowest BCUT2D eigenvalue weighted by Gasteiger charge is -2.28. The summed E-state index contributed by atoms with van der Waals surface area (Å²) in [5.74, 6) is -0.860. The van der Waals surface area contributed by atoms with Gasteiger partial charge in [-0.3, -0.25) is 14.2 Å². The molecule has 0 aromatic carbocycles. The standard InChI is InChI=1S/C46H82NO8P/c1-6-8-10-12-14-16-18-19-20-21-22-23-24-25-26-27-29-31-33-35-37-39-46(49)55-44(43-54-56(50,51)53-41-40-47(3,4)5)42-52-45(48)38-36-34-32-30-28-17-15-13-11-9-7-2/h8,10,14,16,19-20,22-23,25-26,44H,6-7,9,11-13,15,17-18,21,24,27-43H2,1-5H3/b10-8-,16-14-,20-19-,23-22-,26-25-. The molecule has 0 heterocycles. The van der Waals surface area contributed by atoms with Crippen molar-refractivity contribution in [1.82, 2.24) is 0 Å². The number of allylic oxidation sites excluding steroid dienone is 10. The quantitative estimate of drug-likeness (QED) is 0.0198. The van der Waals surface area contributed by atoms with E-state index in [-0.39, 0.29) is 26.1 Å². The molecule has 0 N–H and O–H groups in total. The molecule has 0 aliphatic carbocycles. The Balaban J connectivity index is 4.38. The van der Waals surface area contributed by atoms with Crippen LogP contribution in [0.25, 0.3) is 0 Å². The Morgan fingerprint density at radius 1 is 0.571 bits per heavy atom. The number of quaternary nitrogens is 1. The minimum absolute atomic E-state index is 0.0367. The fourth-order valence-electron chi connectivity index (χ4n) is 5.62. The van der Waals surface area contributed by atoms with Gasteiger partial charge in [-0.2, -0.15) is 0 Å². The van der Waals surface area contributed by atoms with Crippen LogP contribution >= 0.6 is 7.82 Å². The van der Waals surface area contributed by atoms with Gasteiger partial charge in [-0.1, -0.05) is 158 Å². The molecule has 0 saturated carbocycles. The van der Waals surface area contributed by atoms with Crippen LogP contribution in [-0.2, 0) is 32.7 Å². The third-order valence-corrected chi connectivity index (χ3v) is 10.0. The number of phosphoric acid groups is 1. The summed E-state index contributed by atoms with van der Waals surface area (Å²) >= 11 is 0. The molecular formula is C46H82NO8P. The average Bonchev–Trinajstić information content (AvgIpc) is 3.15. The van der Waals surface area contributed by atoms with Crippen molar-refractivity contribution >= 4 is 19.8 Å². The van der Waals surface area contributed by atoms with Crippen LogP contribution in [0.3, 0.4) is 0 Å². The Morgan fingerprint density at radius 2 is 1.02 bits per heavy atom. The van der Waals surface area contributed by atoms with E-state index in [0.29, 0.717) is 17.4 Å². The summed E-state index contributed by atoms with van der Waals surface area (Å²) in [7, 11) is 1.14. The number of ether oxygens (including phenoxy) is 2. The summed E-state index contributed by atoms with van der Waals surface area (Å²) in [5, 5.41) is 0. The first-order valence-electron chi connectivity index (χ1n) is 22.0. The van der Waals surface area contributed by atoms with Crippen molar-refractivity contribution in [2.75, 3.05) is 47.5 Å². The van der Waals surface area contributed by atoms with Crippen molar-refractivity contribution in [3.63, 3.8) is 0 Å². The highest BCUT2D eigenvalue weighted by Crippen LogP contribution is 2.38. The molecule has 2 atom stereocenters. The van der Waals surface area contributed by atoms with Crippen LogP contribution in [0.4, 0.5) is 0 Å². The van der Waals surface area contributed by atoms with Crippen LogP contribution in [0.15, 0.2) is 60.8 Å². The first-order valence-corrected chi connectivity index (χ1v) is 23.5. The van der Waals surface area contributed by atoms with Crippen LogP contribution in [0, 0.1) is 0 Å². The molecule has 0 radical (unpaired) electrons. The van der Waals surface area contributed by atoms with Gasteiger partial charge in [0, 0.05) is 12.8 Å². The van der Waals surface area contributed by atoms with E-state index in [4.69, 9.17) is 18.5 Å². The van der Waals surface area contributed by atoms with E-state index in [1.165, 1.54) is 51.4 Å². The van der Waals surface area contributed by atoms with E-state index >= 15 is 0 Å². The first-order chi connectivity index (χ1) is 27.0. The highest BCUT2D eigenvalue weighted by atomic mass is 31.2. The lowest BCUT2D eigenvalue weighted by Crippen LogP contribution is -2.37. The van der Waals surface area contributed by atoms with Crippen molar-refractivity contribution < 1.29 is 42.1 Å². The van der Waals surface area contributed by atoms with Gasteiger partial charge in [0.15, 0.2) is 6.10 Å². The number of rotatable bonds is 39. The van der Waals surface area contributed by atoms with E-state index in [1.54, 1.807) is 0 Å². The molecule has 0 bridgehead atoms. The van der Waals surface area contributed by atoms with Gasteiger partial charge in [0.05, 0.1) is 27.7 Å². The van der Waals surface area contributed by atoms with Gasteiger partial charge in [0.25, 0.3) is 7.82 Å². The van der Waals surface area contributed by atoms with Crippen LogP contribution in [0.2, 0.25) is 0 Å². The van der Waals surface area contributed by atoms with E-state index in [1.807, 2.05) is 21.1 Å². The minimum Gasteiger partial charge on any atom is -0.756 e. The van der Waals surface area contributed by atoms with Gasteiger partial charge in [-0.25, -0.2) is 0 Å². The largest absolute Gasteiger partial charge is 0.756 e. The Kier molecular flexibility index (Phi) is 36.7. The summed E-state index contributed by atoms with van der Waals surface area (Å²) < 4.78 is 33.8. The molecule has 0 aromatic rings. The maximum absolute atomic E-state index is 12.7. The predicted octanol–water partition coefficient (Wildman–Crippen LogP) is 11.8. The molecule has 10 heteroatoms. The van der Waals surface area contributed by atoms with Crippen molar-refractivity contribution in [2.24, 2.45) is 0 Å². The molecule has 0 rings (SSSR count). The Bertz CT molecular complexity index is 1140. The molecule has 0 aromatic heterocycles. The summed E-state index contributed by atoms with van der Waals surface area (Å²) in [6.07, 6.45) is 45.3. The first kappa shape index (κ1) is 53.7. The second kappa shape index (κ2) is 38.2. The number of nitrogens with zero attached hydrogens (tertiary/aromatic N) is 1. The summed E-state index contributed by atoms with van der Waals surface area (Å²) in [5.41, 5.74) is 0. The zero-order valence-electron chi connectivity index (χ0n) is 36.3. The van der Waals surface area contributed by atoms with Gasteiger partial charge in [0.2, 0.25) is 0 Å². The Hall–Kier alpha value is -2.29. The molecular weight excluding hydrogens is 725 g/mol. The van der Waals surface area contributed by atoms with Crippen LogP contribution in [0.1, 0.15) is 168 Å². The summed E-state index contributed by atoms with van der Waals surface area (Å²) in [4.78, 5) is 37.5. The molecule has 0 aliphatic heterocycles. The second-order valence-corrected chi connectivity index (χ2v) is 17.1. The number of phosphoric ester groups is 1. The third kappa shape index (κ3) is 41.3. The highest BCUT2D eigenvalue weighted by molar-refractivity contribution is 7.45. The van der Waals surface area contributed by atoms with Crippen molar-refractivity contribution in [1.29, 1.82) is 0 Å². The topological polar surface area (TPSA) is 111 Å². The smallest absolute Gasteiger partial charge is 0.306 e. The molecule has 56 heavy (non-hydrogen) atoms. The van der Waals surface area contributed by atoms with Gasteiger partial charge in [0.1, 0.15) is 19.8 Å². The summed E-state index contributed by atoms with van der Waals surface area (Å²) in [6.45, 7) is 4.07. The lowest BCUT2D eigenvalue weighted by molar-refractivity contribution is -0.870.